The maximum absolute atomic E-state index is 12.5. The Morgan fingerprint density at radius 1 is 1.39 bits per heavy atom. The van der Waals surface area contributed by atoms with Crippen LogP contribution in [0.4, 0.5) is 5.69 Å². The number of ether oxygens (including phenoxy) is 1. The third-order valence-electron chi connectivity index (χ3n) is 3.38. The Bertz CT molecular complexity index is 660. The molecular formula is C16H17Cl2N3O2. The Morgan fingerprint density at radius 2 is 2.04 bits per heavy atom. The average molecular weight is 354 g/mol. The summed E-state index contributed by atoms with van der Waals surface area (Å²) in [7, 11) is 0. The Hall–Kier alpha value is -1.74. The second kappa shape index (κ2) is 7.69. The molecule has 1 fully saturated rings. The number of nitrogens with one attached hydrogen (secondary N) is 1. The van der Waals surface area contributed by atoms with Crippen LogP contribution in [0.2, 0.25) is 10.0 Å². The number of halogens is 2. The van der Waals surface area contributed by atoms with Crippen LogP contribution in [0.1, 0.15) is 13.8 Å². The molecule has 0 aromatic heterocycles. The maximum atomic E-state index is 12.5. The monoisotopic (exact) mass is 353 g/mol. The van der Waals surface area contributed by atoms with Gasteiger partial charge in [-0.25, -0.2) is 0 Å². The van der Waals surface area contributed by atoms with Gasteiger partial charge in [-0.2, -0.15) is 5.26 Å². The Balaban J connectivity index is 2.14. The van der Waals surface area contributed by atoms with E-state index in [0.29, 0.717) is 28.8 Å². The molecule has 1 aromatic carbocycles. The smallest absolute Gasteiger partial charge is 0.266 e. The van der Waals surface area contributed by atoms with E-state index in [-0.39, 0.29) is 23.7 Å². The normalized spacial score (nSPS) is 21.7. The van der Waals surface area contributed by atoms with Crippen LogP contribution >= 0.6 is 23.2 Å². The fraction of sp³-hybridized carbons (Fsp3) is 0.375. The van der Waals surface area contributed by atoms with Gasteiger partial charge < -0.3 is 15.0 Å². The molecule has 1 heterocycles. The number of nitrogens with zero attached hydrogens (tertiary/aromatic N) is 2. The highest BCUT2D eigenvalue weighted by atomic mass is 35.5. The van der Waals surface area contributed by atoms with Gasteiger partial charge in [0.05, 0.1) is 27.9 Å². The van der Waals surface area contributed by atoms with Crippen molar-refractivity contribution in [1.29, 1.82) is 5.26 Å². The van der Waals surface area contributed by atoms with Crippen LogP contribution in [0.25, 0.3) is 0 Å². The van der Waals surface area contributed by atoms with Crippen molar-refractivity contribution in [3.8, 4) is 6.07 Å². The van der Waals surface area contributed by atoms with Crippen molar-refractivity contribution in [3.05, 3.63) is 40.0 Å². The third kappa shape index (κ3) is 4.38. The van der Waals surface area contributed by atoms with Gasteiger partial charge in [-0.1, -0.05) is 29.3 Å². The number of hydrogen-bond acceptors (Lipinski definition) is 4. The van der Waals surface area contributed by atoms with E-state index in [9.17, 15) is 10.1 Å². The number of morpholine rings is 1. The number of anilines is 1. The number of amides is 1. The minimum absolute atomic E-state index is 0.00217. The first-order valence-corrected chi connectivity index (χ1v) is 7.93. The molecule has 2 unspecified atom stereocenters. The van der Waals surface area contributed by atoms with Crippen LogP contribution in [0, 0.1) is 11.3 Å². The molecule has 0 spiro atoms. The van der Waals surface area contributed by atoms with Crippen LogP contribution in [-0.4, -0.2) is 36.1 Å². The number of nitriles is 1. The van der Waals surface area contributed by atoms with E-state index in [0.717, 1.165) is 0 Å². The predicted octanol–water partition coefficient (Wildman–Crippen LogP) is 3.45. The zero-order valence-electron chi connectivity index (χ0n) is 12.8. The molecule has 1 amide bonds. The summed E-state index contributed by atoms with van der Waals surface area (Å²) in [6, 6.07) is 7.02. The summed E-state index contributed by atoms with van der Waals surface area (Å²) in [6.07, 6.45) is 1.24. The Morgan fingerprint density at radius 3 is 2.65 bits per heavy atom. The number of carbonyl (C=O) groups excluding carboxylic acids is 1. The van der Waals surface area contributed by atoms with Crippen LogP contribution in [0.5, 0.6) is 0 Å². The lowest BCUT2D eigenvalue weighted by molar-refractivity contribution is -0.138. The van der Waals surface area contributed by atoms with Crippen molar-refractivity contribution in [2.45, 2.75) is 26.1 Å². The molecular weight excluding hydrogens is 337 g/mol. The number of carbonyl (C=O) groups is 1. The first-order chi connectivity index (χ1) is 10.9. The highest BCUT2D eigenvalue weighted by molar-refractivity contribution is 6.43. The second-order valence-electron chi connectivity index (χ2n) is 5.38. The molecule has 1 saturated heterocycles. The lowest BCUT2D eigenvalue weighted by Gasteiger charge is -2.35. The number of hydrogen-bond donors (Lipinski definition) is 1. The molecule has 1 N–H and O–H groups in total. The van der Waals surface area contributed by atoms with E-state index < -0.39 is 0 Å². The largest absolute Gasteiger partial charge is 0.372 e. The summed E-state index contributed by atoms with van der Waals surface area (Å²) in [4.78, 5) is 14.1. The van der Waals surface area contributed by atoms with Gasteiger partial charge in [0.1, 0.15) is 11.6 Å². The lowest BCUT2D eigenvalue weighted by atomic mass is 10.2. The highest BCUT2D eigenvalue weighted by Gasteiger charge is 2.27. The van der Waals surface area contributed by atoms with Crippen molar-refractivity contribution >= 4 is 34.8 Å². The summed E-state index contributed by atoms with van der Waals surface area (Å²) in [6.45, 7) is 4.71. The van der Waals surface area contributed by atoms with Gasteiger partial charge in [0.15, 0.2) is 0 Å². The van der Waals surface area contributed by atoms with E-state index in [1.165, 1.54) is 6.20 Å². The molecule has 0 aliphatic carbocycles. The SMILES string of the molecule is CC1CN(C(=O)/C(C#N)=C\Nc2cccc(Cl)c2Cl)CC(C)O1. The van der Waals surface area contributed by atoms with E-state index in [2.05, 4.69) is 5.32 Å². The van der Waals surface area contributed by atoms with Crippen LogP contribution in [-0.2, 0) is 9.53 Å². The van der Waals surface area contributed by atoms with Crippen molar-refractivity contribution in [2.75, 3.05) is 18.4 Å². The van der Waals surface area contributed by atoms with E-state index in [4.69, 9.17) is 27.9 Å². The van der Waals surface area contributed by atoms with Crippen molar-refractivity contribution in [1.82, 2.24) is 4.90 Å². The van der Waals surface area contributed by atoms with Gasteiger partial charge in [-0.05, 0) is 26.0 Å². The maximum Gasteiger partial charge on any atom is 0.266 e. The molecule has 0 radical (unpaired) electrons. The molecule has 23 heavy (non-hydrogen) atoms. The summed E-state index contributed by atoms with van der Waals surface area (Å²) in [5.41, 5.74) is 0.533. The van der Waals surface area contributed by atoms with Crippen molar-refractivity contribution in [3.63, 3.8) is 0 Å². The zero-order chi connectivity index (χ0) is 17.0. The fourth-order valence-electron chi connectivity index (χ4n) is 2.42. The quantitative estimate of drug-likeness (QED) is 0.667. The first-order valence-electron chi connectivity index (χ1n) is 7.18. The molecule has 1 aromatic rings. The van der Waals surface area contributed by atoms with Gasteiger partial charge in [0.25, 0.3) is 5.91 Å². The summed E-state index contributed by atoms with van der Waals surface area (Å²) >= 11 is 12.0. The molecule has 1 aliphatic rings. The van der Waals surface area contributed by atoms with Gasteiger partial charge in [0, 0.05) is 19.3 Å². The predicted molar refractivity (Wildman–Crippen MR) is 90.4 cm³/mol. The molecule has 2 rings (SSSR count). The fourth-order valence-corrected chi connectivity index (χ4v) is 2.78. The number of rotatable bonds is 3. The van der Waals surface area contributed by atoms with Gasteiger partial charge >= 0.3 is 0 Å². The van der Waals surface area contributed by atoms with Gasteiger partial charge in [0.2, 0.25) is 0 Å². The van der Waals surface area contributed by atoms with E-state index in [1.54, 1.807) is 23.1 Å². The molecule has 2 atom stereocenters. The van der Waals surface area contributed by atoms with Gasteiger partial charge in [-0.3, -0.25) is 4.79 Å². The molecule has 0 saturated carbocycles. The Kier molecular flexibility index (Phi) is 5.89. The van der Waals surface area contributed by atoms with Crippen LogP contribution in [0.15, 0.2) is 30.0 Å². The topological polar surface area (TPSA) is 65.4 Å². The molecule has 7 heteroatoms. The summed E-state index contributed by atoms with van der Waals surface area (Å²) < 4.78 is 5.59. The molecule has 0 bridgehead atoms. The minimum Gasteiger partial charge on any atom is -0.372 e. The van der Waals surface area contributed by atoms with Crippen molar-refractivity contribution < 1.29 is 9.53 Å². The third-order valence-corrected chi connectivity index (χ3v) is 4.20. The molecule has 122 valence electrons. The summed E-state index contributed by atoms with van der Waals surface area (Å²) in [5.74, 6) is -0.333. The number of benzene rings is 1. The first kappa shape index (κ1) is 17.6. The second-order valence-corrected chi connectivity index (χ2v) is 6.17. The van der Waals surface area contributed by atoms with E-state index in [1.807, 2.05) is 19.9 Å². The minimum atomic E-state index is -0.333. The zero-order valence-corrected chi connectivity index (χ0v) is 14.4. The summed E-state index contributed by atoms with van der Waals surface area (Å²) in [5, 5.41) is 12.9. The molecule has 1 aliphatic heterocycles. The highest BCUT2D eigenvalue weighted by Crippen LogP contribution is 2.29. The van der Waals surface area contributed by atoms with Gasteiger partial charge in [-0.15, -0.1) is 0 Å². The van der Waals surface area contributed by atoms with Crippen LogP contribution < -0.4 is 5.32 Å². The molecule has 5 nitrogen and oxygen atoms in total. The lowest BCUT2D eigenvalue weighted by Crippen LogP contribution is -2.48. The Labute approximate surface area is 145 Å². The standard InChI is InChI=1S/C16H17Cl2N3O2/c1-10-8-21(9-11(2)23-10)16(22)12(6-19)7-20-14-5-3-4-13(17)15(14)18/h3-5,7,10-11,20H,8-9H2,1-2H3/b12-7-. The van der Waals surface area contributed by atoms with E-state index >= 15 is 0 Å². The average Bonchev–Trinajstić information content (AvgIpc) is 2.50. The van der Waals surface area contributed by atoms with Crippen LogP contribution in [0.3, 0.4) is 0 Å². The van der Waals surface area contributed by atoms with Crippen molar-refractivity contribution in [2.24, 2.45) is 0 Å².